The number of carbonyl (C=O) groups is 1. The highest BCUT2D eigenvalue weighted by Crippen LogP contribution is 2.31. The first-order chi connectivity index (χ1) is 16.1. The van der Waals surface area contributed by atoms with Crippen LogP contribution in [-0.4, -0.2) is 42.4 Å². The van der Waals surface area contributed by atoms with Gasteiger partial charge in [0.2, 0.25) is 10.0 Å². The Kier molecular flexibility index (Phi) is 8.16. The Bertz CT molecular complexity index is 1160. The summed E-state index contributed by atoms with van der Waals surface area (Å²) in [6.07, 6.45) is 5.67. The van der Waals surface area contributed by atoms with Crippen molar-refractivity contribution in [1.29, 1.82) is 0 Å². The summed E-state index contributed by atoms with van der Waals surface area (Å²) in [6.45, 7) is 5.14. The maximum Gasteiger partial charge on any atom is 0.269 e. The number of amides is 1. The molecular formula is C24H30N4O5S. The van der Waals surface area contributed by atoms with Crippen molar-refractivity contribution in [2.24, 2.45) is 5.10 Å². The zero-order valence-electron chi connectivity index (χ0n) is 19.7. The van der Waals surface area contributed by atoms with Gasteiger partial charge in [0, 0.05) is 18.2 Å². The van der Waals surface area contributed by atoms with E-state index in [-0.39, 0.29) is 23.2 Å². The van der Waals surface area contributed by atoms with Crippen LogP contribution in [-0.2, 0) is 14.8 Å². The van der Waals surface area contributed by atoms with Crippen molar-refractivity contribution in [1.82, 2.24) is 9.73 Å². The molecule has 0 atom stereocenters. The molecule has 1 fully saturated rings. The lowest BCUT2D eigenvalue weighted by Crippen LogP contribution is -2.46. The van der Waals surface area contributed by atoms with Crippen LogP contribution in [0.2, 0.25) is 0 Å². The Balaban J connectivity index is 1.80. The van der Waals surface area contributed by atoms with Crippen molar-refractivity contribution in [2.45, 2.75) is 63.8 Å². The third-order valence-electron chi connectivity index (χ3n) is 5.96. The summed E-state index contributed by atoms with van der Waals surface area (Å²) in [5, 5.41) is 14.7. The monoisotopic (exact) mass is 486 g/mol. The van der Waals surface area contributed by atoms with Gasteiger partial charge in [-0.05, 0) is 62.4 Å². The van der Waals surface area contributed by atoms with Gasteiger partial charge >= 0.3 is 0 Å². The van der Waals surface area contributed by atoms with Gasteiger partial charge in [0.15, 0.2) is 0 Å². The first-order valence-corrected chi connectivity index (χ1v) is 12.7. The van der Waals surface area contributed by atoms with Gasteiger partial charge in [-0.1, -0.05) is 37.0 Å². The second-order valence-electron chi connectivity index (χ2n) is 8.71. The Morgan fingerprint density at radius 3 is 2.26 bits per heavy atom. The van der Waals surface area contributed by atoms with Gasteiger partial charge in [-0.2, -0.15) is 9.41 Å². The van der Waals surface area contributed by atoms with Crippen molar-refractivity contribution in [3.05, 3.63) is 68.8 Å². The number of rotatable bonds is 8. The zero-order chi connectivity index (χ0) is 24.9. The number of nitro groups is 1. The number of nitrogens with one attached hydrogen (secondary N) is 1. The highest BCUT2D eigenvalue weighted by Gasteiger charge is 2.35. The molecule has 0 bridgehead atoms. The molecule has 3 rings (SSSR count). The number of nitrogens with zero attached hydrogens (tertiary/aromatic N) is 3. The molecule has 0 saturated heterocycles. The number of hydrazone groups is 1. The van der Waals surface area contributed by atoms with Crippen molar-refractivity contribution in [2.75, 3.05) is 6.54 Å². The lowest BCUT2D eigenvalue weighted by atomic mass is 9.95. The molecule has 0 spiro atoms. The molecule has 0 aromatic heterocycles. The van der Waals surface area contributed by atoms with Gasteiger partial charge in [-0.25, -0.2) is 13.8 Å². The molecule has 0 heterocycles. The number of sulfonamides is 1. The largest absolute Gasteiger partial charge is 0.272 e. The fourth-order valence-corrected chi connectivity index (χ4v) is 6.56. The maximum atomic E-state index is 13.8. The summed E-state index contributed by atoms with van der Waals surface area (Å²) >= 11 is 0. The topological polar surface area (TPSA) is 122 Å². The molecule has 10 heteroatoms. The first kappa shape index (κ1) is 25.5. The SMILES string of the molecule is Cc1cc(C)c(S(=O)(=O)N(CC(=O)N/N=C/c2ccc([N+](=O)[O-])cc2)C2CCCCC2)c(C)c1. The molecule has 1 saturated carbocycles. The summed E-state index contributed by atoms with van der Waals surface area (Å²) in [7, 11) is -3.91. The standard InChI is InChI=1S/C24H30N4O5S/c1-17-13-18(2)24(19(3)14-17)34(32,33)27(21-7-5-4-6-8-21)16-23(29)26-25-15-20-9-11-22(12-10-20)28(30)31/h9-15,21H,4-8,16H2,1-3H3,(H,26,29)/b25-15+. The van der Waals surface area contributed by atoms with Crippen molar-refractivity contribution in [3.63, 3.8) is 0 Å². The number of hydrogen-bond donors (Lipinski definition) is 1. The number of hydrogen-bond acceptors (Lipinski definition) is 6. The summed E-state index contributed by atoms with van der Waals surface area (Å²) in [5.74, 6) is -0.547. The van der Waals surface area contributed by atoms with Crippen LogP contribution in [0.25, 0.3) is 0 Å². The normalized spacial score (nSPS) is 15.1. The van der Waals surface area contributed by atoms with E-state index in [0.717, 1.165) is 24.8 Å². The molecule has 0 radical (unpaired) electrons. The van der Waals surface area contributed by atoms with Crippen LogP contribution in [0, 0.1) is 30.9 Å². The van der Waals surface area contributed by atoms with Crippen molar-refractivity contribution >= 4 is 27.8 Å². The van der Waals surface area contributed by atoms with E-state index in [9.17, 15) is 23.3 Å². The highest BCUT2D eigenvalue weighted by molar-refractivity contribution is 7.89. The van der Waals surface area contributed by atoms with Gasteiger partial charge in [-0.3, -0.25) is 14.9 Å². The van der Waals surface area contributed by atoms with Gasteiger partial charge in [-0.15, -0.1) is 0 Å². The molecule has 1 aliphatic rings. The van der Waals surface area contributed by atoms with E-state index >= 15 is 0 Å². The third-order valence-corrected chi connectivity index (χ3v) is 8.16. The molecular weight excluding hydrogens is 456 g/mol. The van der Waals surface area contributed by atoms with Crippen molar-refractivity contribution in [3.8, 4) is 0 Å². The minimum absolute atomic E-state index is 0.0452. The molecule has 1 N–H and O–H groups in total. The summed E-state index contributed by atoms with van der Waals surface area (Å²) in [5.41, 5.74) is 5.22. The van der Waals surface area contributed by atoms with E-state index in [1.165, 1.54) is 34.8 Å². The quantitative estimate of drug-likeness (QED) is 0.343. The first-order valence-electron chi connectivity index (χ1n) is 11.3. The van der Waals surface area contributed by atoms with Gasteiger partial charge < -0.3 is 0 Å². The Morgan fingerprint density at radius 1 is 1.12 bits per heavy atom. The summed E-state index contributed by atoms with van der Waals surface area (Å²) in [4.78, 5) is 23.2. The maximum absolute atomic E-state index is 13.8. The van der Waals surface area contributed by atoms with Crippen LogP contribution in [0.3, 0.4) is 0 Å². The zero-order valence-corrected chi connectivity index (χ0v) is 20.5. The molecule has 2 aromatic rings. The van der Waals surface area contributed by atoms with Crippen LogP contribution in [0.1, 0.15) is 54.4 Å². The summed E-state index contributed by atoms with van der Waals surface area (Å²) < 4.78 is 28.8. The van der Waals surface area contributed by atoms with E-state index in [0.29, 0.717) is 29.5 Å². The van der Waals surface area contributed by atoms with Crippen LogP contribution >= 0.6 is 0 Å². The van der Waals surface area contributed by atoms with Crippen LogP contribution in [0.15, 0.2) is 46.4 Å². The Hall–Kier alpha value is -3.11. The number of carbonyl (C=O) groups excluding carboxylic acids is 1. The highest BCUT2D eigenvalue weighted by atomic mass is 32.2. The molecule has 1 aliphatic carbocycles. The number of aryl methyl sites for hydroxylation is 3. The number of benzene rings is 2. The molecule has 0 unspecified atom stereocenters. The average molecular weight is 487 g/mol. The predicted octanol–water partition coefficient (Wildman–Crippen LogP) is 3.99. The predicted molar refractivity (Wildman–Crippen MR) is 130 cm³/mol. The van der Waals surface area contributed by atoms with Gasteiger partial charge in [0.05, 0.1) is 22.6 Å². The van der Waals surface area contributed by atoms with Gasteiger partial charge in [0.1, 0.15) is 0 Å². The van der Waals surface area contributed by atoms with Crippen LogP contribution in [0.5, 0.6) is 0 Å². The van der Waals surface area contributed by atoms with E-state index < -0.39 is 20.9 Å². The Labute approximate surface area is 200 Å². The van der Waals surface area contributed by atoms with E-state index in [4.69, 9.17) is 0 Å². The smallest absolute Gasteiger partial charge is 0.269 e. The fourth-order valence-electron chi connectivity index (χ4n) is 4.51. The van der Waals surface area contributed by atoms with E-state index in [2.05, 4.69) is 10.5 Å². The minimum atomic E-state index is -3.91. The fraction of sp³-hybridized carbons (Fsp3) is 0.417. The lowest BCUT2D eigenvalue weighted by molar-refractivity contribution is -0.384. The molecule has 182 valence electrons. The van der Waals surface area contributed by atoms with E-state index in [1.54, 1.807) is 13.8 Å². The van der Waals surface area contributed by atoms with Crippen LogP contribution < -0.4 is 5.43 Å². The molecule has 0 aliphatic heterocycles. The third kappa shape index (κ3) is 6.06. The minimum Gasteiger partial charge on any atom is -0.272 e. The van der Waals surface area contributed by atoms with E-state index in [1.807, 2.05) is 19.1 Å². The Morgan fingerprint density at radius 2 is 1.71 bits per heavy atom. The molecule has 34 heavy (non-hydrogen) atoms. The number of non-ortho nitro benzene ring substituents is 1. The van der Waals surface area contributed by atoms with Crippen LogP contribution in [0.4, 0.5) is 5.69 Å². The molecule has 2 aromatic carbocycles. The molecule has 9 nitrogen and oxygen atoms in total. The molecule has 1 amide bonds. The number of nitro benzene ring substituents is 1. The van der Waals surface area contributed by atoms with Gasteiger partial charge in [0.25, 0.3) is 11.6 Å². The average Bonchev–Trinajstić information content (AvgIpc) is 2.77. The summed E-state index contributed by atoms with van der Waals surface area (Å²) in [6, 6.07) is 9.13. The second-order valence-corrected chi connectivity index (χ2v) is 10.5. The lowest BCUT2D eigenvalue weighted by Gasteiger charge is -2.33. The van der Waals surface area contributed by atoms with Crippen molar-refractivity contribution < 1.29 is 18.1 Å². The second kappa shape index (κ2) is 10.9.